The minimum absolute atomic E-state index is 0.0127. The molecule has 0 aliphatic rings. The zero-order valence-electron chi connectivity index (χ0n) is 12.6. The molecule has 0 spiro atoms. The summed E-state index contributed by atoms with van der Waals surface area (Å²) in [4.78, 5) is 33.2. The quantitative estimate of drug-likeness (QED) is 0.578. The molecule has 0 saturated carbocycles. The number of anilines is 1. The highest BCUT2D eigenvalue weighted by molar-refractivity contribution is 6.04. The fourth-order valence-electron chi connectivity index (χ4n) is 1.92. The predicted octanol–water partition coefficient (Wildman–Crippen LogP) is 1.53. The Balaban J connectivity index is 2.20. The number of hydrogen-bond donors (Lipinski definition) is 2. The van der Waals surface area contributed by atoms with Gasteiger partial charge >= 0.3 is 5.97 Å². The molecule has 0 bridgehead atoms. The van der Waals surface area contributed by atoms with Crippen molar-refractivity contribution >= 4 is 23.3 Å². The van der Waals surface area contributed by atoms with E-state index in [1.165, 1.54) is 30.5 Å². The van der Waals surface area contributed by atoms with Crippen molar-refractivity contribution in [2.45, 2.75) is 13.5 Å². The predicted molar refractivity (Wildman–Crippen MR) is 82.1 cm³/mol. The maximum absolute atomic E-state index is 12.1. The number of carboxylic acids is 1. The average molecular weight is 334 g/mol. The van der Waals surface area contributed by atoms with Crippen LogP contribution in [0.4, 0.5) is 11.4 Å². The fourth-order valence-corrected chi connectivity index (χ4v) is 1.92. The maximum atomic E-state index is 12.1. The lowest BCUT2D eigenvalue weighted by atomic mass is 10.2. The van der Waals surface area contributed by atoms with Crippen LogP contribution in [0, 0.1) is 10.1 Å². The van der Waals surface area contributed by atoms with Gasteiger partial charge in [-0.1, -0.05) is 0 Å². The van der Waals surface area contributed by atoms with Crippen LogP contribution in [-0.2, 0) is 11.3 Å². The Bertz CT molecular complexity index is 785. The number of nitro benzene ring substituents is 1. The normalized spacial score (nSPS) is 10.2. The smallest absolute Gasteiger partial charge is 0.325 e. The van der Waals surface area contributed by atoms with Crippen molar-refractivity contribution in [1.29, 1.82) is 0 Å². The monoisotopic (exact) mass is 334 g/mol. The number of carboxylic acid groups (broad SMARTS) is 1. The summed E-state index contributed by atoms with van der Waals surface area (Å²) in [5.41, 5.74) is -0.389. The van der Waals surface area contributed by atoms with Gasteiger partial charge in [0.2, 0.25) is 0 Å². The largest absolute Gasteiger partial charge is 0.494 e. The number of carbonyl (C=O) groups is 2. The molecular weight excluding hydrogens is 320 g/mol. The van der Waals surface area contributed by atoms with Gasteiger partial charge in [-0.25, -0.2) is 0 Å². The Labute approximate surface area is 135 Å². The van der Waals surface area contributed by atoms with Crippen LogP contribution in [0.1, 0.15) is 17.4 Å². The van der Waals surface area contributed by atoms with E-state index in [2.05, 4.69) is 10.4 Å². The van der Waals surface area contributed by atoms with E-state index in [0.29, 0.717) is 12.4 Å². The number of nitro groups is 1. The number of amides is 1. The zero-order valence-corrected chi connectivity index (χ0v) is 12.6. The number of hydrogen-bond acceptors (Lipinski definition) is 6. The van der Waals surface area contributed by atoms with Crippen molar-refractivity contribution in [2.24, 2.45) is 0 Å². The molecule has 0 radical (unpaired) electrons. The van der Waals surface area contributed by atoms with Gasteiger partial charge in [0.05, 0.1) is 17.6 Å². The third kappa shape index (κ3) is 4.06. The number of nitrogens with one attached hydrogen (secondary N) is 1. The van der Waals surface area contributed by atoms with Gasteiger partial charge in [0.1, 0.15) is 18.0 Å². The molecule has 0 aliphatic carbocycles. The Morgan fingerprint density at radius 1 is 1.42 bits per heavy atom. The first-order valence-electron chi connectivity index (χ1n) is 6.88. The number of ether oxygens (including phenoxy) is 1. The molecule has 0 fully saturated rings. The van der Waals surface area contributed by atoms with Crippen molar-refractivity contribution < 1.29 is 24.4 Å². The topological polar surface area (TPSA) is 137 Å². The molecule has 0 aliphatic heterocycles. The van der Waals surface area contributed by atoms with Gasteiger partial charge in [-0.3, -0.25) is 24.4 Å². The highest BCUT2D eigenvalue weighted by Gasteiger charge is 2.19. The number of nitrogens with zero attached hydrogens (tertiary/aromatic N) is 3. The third-order valence-corrected chi connectivity index (χ3v) is 2.90. The molecule has 2 rings (SSSR count). The van der Waals surface area contributed by atoms with E-state index in [1.54, 1.807) is 6.92 Å². The van der Waals surface area contributed by atoms with Crippen LogP contribution in [0.5, 0.6) is 5.75 Å². The average Bonchev–Trinajstić information content (AvgIpc) is 2.96. The number of benzene rings is 1. The number of aliphatic carboxylic acids is 1. The molecule has 24 heavy (non-hydrogen) atoms. The number of carbonyl (C=O) groups excluding carboxylic acids is 1. The van der Waals surface area contributed by atoms with Gasteiger partial charge in [-0.2, -0.15) is 5.10 Å². The van der Waals surface area contributed by atoms with E-state index >= 15 is 0 Å². The summed E-state index contributed by atoms with van der Waals surface area (Å²) in [7, 11) is 0. The van der Waals surface area contributed by atoms with Crippen molar-refractivity contribution in [3.8, 4) is 5.75 Å². The van der Waals surface area contributed by atoms with Gasteiger partial charge in [0.25, 0.3) is 11.6 Å². The second-order valence-corrected chi connectivity index (χ2v) is 4.62. The van der Waals surface area contributed by atoms with Gasteiger partial charge < -0.3 is 15.2 Å². The van der Waals surface area contributed by atoms with Crippen molar-refractivity contribution in [3.63, 3.8) is 0 Å². The van der Waals surface area contributed by atoms with Gasteiger partial charge in [-0.15, -0.1) is 0 Å². The van der Waals surface area contributed by atoms with Crippen molar-refractivity contribution in [1.82, 2.24) is 9.78 Å². The van der Waals surface area contributed by atoms with E-state index in [4.69, 9.17) is 9.84 Å². The first kappa shape index (κ1) is 16.9. The lowest BCUT2D eigenvalue weighted by Gasteiger charge is -2.07. The minimum Gasteiger partial charge on any atom is -0.494 e. The molecular formula is C14H14N4O6. The molecule has 1 aromatic carbocycles. The van der Waals surface area contributed by atoms with E-state index in [-0.39, 0.29) is 17.1 Å². The summed E-state index contributed by atoms with van der Waals surface area (Å²) in [6.45, 7) is 1.70. The molecule has 10 nitrogen and oxygen atoms in total. The molecule has 1 amide bonds. The minimum atomic E-state index is -1.10. The number of aromatic nitrogens is 2. The van der Waals surface area contributed by atoms with Crippen LogP contribution in [0.25, 0.3) is 0 Å². The van der Waals surface area contributed by atoms with E-state index in [9.17, 15) is 19.7 Å². The molecule has 2 N–H and O–H groups in total. The van der Waals surface area contributed by atoms with Crippen LogP contribution in [0.3, 0.4) is 0 Å². The lowest BCUT2D eigenvalue weighted by Crippen LogP contribution is -2.15. The van der Waals surface area contributed by atoms with Gasteiger partial charge in [0, 0.05) is 6.20 Å². The standard InChI is InChI=1S/C14H14N4O6/c1-2-24-9-3-4-10(12(7-9)18(22)23)15-14(21)11-5-6-17(16-11)8-13(19)20/h3-7H,2,8H2,1H3,(H,15,21)(H,19,20). The first-order chi connectivity index (χ1) is 11.4. The Hall–Kier alpha value is -3.43. The van der Waals surface area contributed by atoms with Crippen LogP contribution >= 0.6 is 0 Å². The highest BCUT2D eigenvalue weighted by Crippen LogP contribution is 2.29. The van der Waals surface area contributed by atoms with Crippen LogP contribution in [0.2, 0.25) is 0 Å². The van der Waals surface area contributed by atoms with Gasteiger partial charge in [-0.05, 0) is 25.1 Å². The molecule has 2 aromatic rings. The van der Waals surface area contributed by atoms with Crippen LogP contribution < -0.4 is 10.1 Å². The summed E-state index contributed by atoms with van der Waals surface area (Å²) < 4.78 is 6.27. The zero-order chi connectivity index (χ0) is 17.7. The SMILES string of the molecule is CCOc1ccc(NC(=O)c2ccn(CC(=O)O)n2)c([N+](=O)[O-])c1. The van der Waals surface area contributed by atoms with Crippen molar-refractivity contribution in [2.75, 3.05) is 11.9 Å². The van der Waals surface area contributed by atoms with E-state index in [0.717, 1.165) is 4.68 Å². The maximum Gasteiger partial charge on any atom is 0.325 e. The summed E-state index contributed by atoms with van der Waals surface area (Å²) in [5, 5.41) is 26.0. The molecule has 0 unspecified atom stereocenters. The Kier molecular flexibility index (Phi) is 5.09. The molecule has 126 valence electrons. The molecule has 0 saturated heterocycles. The third-order valence-electron chi connectivity index (χ3n) is 2.90. The molecule has 0 atom stereocenters. The Morgan fingerprint density at radius 2 is 2.17 bits per heavy atom. The van der Waals surface area contributed by atoms with Crippen LogP contribution in [-0.4, -0.2) is 38.3 Å². The summed E-state index contributed by atoms with van der Waals surface area (Å²) >= 11 is 0. The van der Waals surface area contributed by atoms with Crippen LogP contribution in [0.15, 0.2) is 30.5 Å². The summed E-state index contributed by atoms with van der Waals surface area (Å²) in [6, 6.07) is 5.38. The second-order valence-electron chi connectivity index (χ2n) is 4.62. The summed E-state index contributed by atoms with van der Waals surface area (Å²) in [5.74, 6) is -1.48. The number of rotatable bonds is 7. The van der Waals surface area contributed by atoms with E-state index in [1.807, 2.05) is 0 Å². The van der Waals surface area contributed by atoms with E-state index < -0.39 is 23.3 Å². The lowest BCUT2D eigenvalue weighted by molar-refractivity contribution is -0.384. The Morgan fingerprint density at radius 3 is 2.79 bits per heavy atom. The fraction of sp³-hybridized carbons (Fsp3) is 0.214. The molecule has 1 aromatic heterocycles. The molecule has 1 heterocycles. The van der Waals surface area contributed by atoms with Crippen molar-refractivity contribution in [3.05, 3.63) is 46.3 Å². The summed E-state index contributed by atoms with van der Waals surface area (Å²) in [6.07, 6.45) is 1.33. The van der Waals surface area contributed by atoms with Gasteiger partial charge in [0.15, 0.2) is 5.69 Å². The first-order valence-corrected chi connectivity index (χ1v) is 6.88. The molecule has 10 heteroatoms. The second kappa shape index (κ2) is 7.22. The highest BCUT2D eigenvalue weighted by atomic mass is 16.6.